The Morgan fingerprint density at radius 1 is 1.29 bits per heavy atom. The van der Waals surface area contributed by atoms with Crippen molar-refractivity contribution in [3.8, 4) is 0 Å². The molecule has 1 aromatic carbocycles. The van der Waals surface area contributed by atoms with Crippen molar-refractivity contribution in [2.24, 2.45) is 0 Å². The molecule has 1 saturated heterocycles. The molecule has 0 aliphatic carbocycles. The van der Waals surface area contributed by atoms with E-state index in [2.05, 4.69) is 0 Å². The largest absolute Gasteiger partial charge is 0.243 e. The van der Waals surface area contributed by atoms with E-state index in [1.165, 1.54) is 6.07 Å². The van der Waals surface area contributed by atoms with Crippen molar-refractivity contribution in [1.82, 2.24) is 4.31 Å². The van der Waals surface area contributed by atoms with Crippen LogP contribution < -0.4 is 0 Å². The van der Waals surface area contributed by atoms with Crippen LogP contribution in [0.2, 0.25) is 5.02 Å². The van der Waals surface area contributed by atoms with Crippen molar-refractivity contribution >= 4 is 33.2 Å². The summed E-state index contributed by atoms with van der Waals surface area (Å²) in [5.41, 5.74) is 0.750. The Morgan fingerprint density at radius 2 is 2.05 bits per heavy atom. The van der Waals surface area contributed by atoms with E-state index in [0.717, 1.165) is 37.7 Å². The van der Waals surface area contributed by atoms with Gasteiger partial charge in [0.05, 0.1) is 4.90 Å². The van der Waals surface area contributed by atoms with Crippen molar-refractivity contribution in [3.63, 3.8) is 0 Å². The highest BCUT2D eigenvalue weighted by Crippen LogP contribution is 2.29. The first kappa shape index (κ1) is 17.1. The Morgan fingerprint density at radius 3 is 2.67 bits per heavy atom. The van der Waals surface area contributed by atoms with Gasteiger partial charge < -0.3 is 0 Å². The molecule has 0 bridgehead atoms. The van der Waals surface area contributed by atoms with Gasteiger partial charge in [0.1, 0.15) is 0 Å². The van der Waals surface area contributed by atoms with Crippen LogP contribution in [-0.4, -0.2) is 25.3 Å². The van der Waals surface area contributed by atoms with Gasteiger partial charge in [-0.25, -0.2) is 8.42 Å². The second-order valence-corrected chi connectivity index (χ2v) is 7.98. The molecule has 6 heteroatoms. The van der Waals surface area contributed by atoms with Crippen LogP contribution in [0.4, 0.5) is 0 Å². The van der Waals surface area contributed by atoms with Gasteiger partial charge >= 0.3 is 0 Å². The molecule has 2 rings (SSSR count). The summed E-state index contributed by atoms with van der Waals surface area (Å²) in [6.45, 7) is 2.64. The van der Waals surface area contributed by atoms with E-state index in [0.29, 0.717) is 11.6 Å². The molecule has 0 N–H and O–H groups in total. The van der Waals surface area contributed by atoms with Crippen LogP contribution in [0.5, 0.6) is 0 Å². The van der Waals surface area contributed by atoms with E-state index < -0.39 is 10.0 Å². The molecule has 21 heavy (non-hydrogen) atoms. The Kier molecular flexibility index (Phi) is 5.95. The zero-order valence-electron chi connectivity index (χ0n) is 12.2. The average Bonchev–Trinajstić information content (AvgIpc) is 2.72. The minimum atomic E-state index is -3.49. The lowest BCUT2D eigenvalue weighted by molar-refractivity contribution is 0.315. The highest BCUT2D eigenvalue weighted by Gasteiger charge is 2.31. The van der Waals surface area contributed by atoms with Crippen LogP contribution in [0, 0.1) is 0 Å². The van der Waals surface area contributed by atoms with Crippen molar-refractivity contribution in [1.29, 1.82) is 0 Å². The fourth-order valence-corrected chi connectivity index (χ4v) is 5.21. The third-order valence-corrected chi connectivity index (χ3v) is 6.66. The first-order valence-corrected chi connectivity index (χ1v) is 9.72. The Hall–Kier alpha value is -0.290. The normalized spacial score (nSPS) is 21.2. The average molecular weight is 350 g/mol. The van der Waals surface area contributed by atoms with Gasteiger partial charge in [0.2, 0.25) is 10.0 Å². The third kappa shape index (κ3) is 3.73. The summed E-state index contributed by atoms with van der Waals surface area (Å²) in [5.74, 6) is 0.278. The van der Waals surface area contributed by atoms with Crippen LogP contribution in [0.1, 0.15) is 44.6 Å². The first-order valence-electron chi connectivity index (χ1n) is 7.37. The molecule has 1 aliphatic heterocycles. The van der Waals surface area contributed by atoms with Gasteiger partial charge in [-0.15, -0.1) is 11.6 Å². The number of alkyl halides is 1. The molecule has 1 atom stereocenters. The fourth-order valence-electron chi connectivity index (χ4n) is 2.81. The molecule has 118 valence electrons. The molecule has 1 heterocycles. The monoisotopic (exact) mass is 349 g/mol. The van der Waals surface area contributed by atoms with Gasteiger partial charge in [0.25, 0.3) is 0 Å². The molecular formula is C15H21Cl2NO2S. The summed E-state index contributed by atoms with van der Waals surface area (Å²) in [6.07, 6.45) is 4.88. The number of sulfonamides is 1. The van der Waals surface area contributed by atoms with Gasteiger partial charge in [-0.1, -0.05) is 37.4 Å². The van der Waals surface area contributed by atoms with Gasteiger partial charge in [-0.3, -0.25) is 0 Å². The third-order valence-electron chi connectivity index (χ3n) is 4.07. The van der Waals surface area contributed by atoms with Crippen LogP contribution >= 0.6 is 23.2 Å². The maximum Gasteiger partial charge on any atom is 0.243 e. The molecule has 0 amide bonds. The van der Waals surface area contributed by atoms with Crippen LogP contribution in [0.3, 0.4) is 0 Å². The molecule has 1 aliphatic rings. The number of hydrogen-bond donors (Lipinski definition) is 0. The van der Waals surface area contributed by atoms with Crippen molar-refractivity contribution in [2.45, 2.75) is 55.8 Å². The molecule has 3 nitrogen and oxygen atoms in total. The van der Waals surface area contributed by atoms with E-state index in [4.69, 9.17) is 23.2 Å². The lowest BCUT2D eigenvalue weighted by atomic mass is 10.1. The van der Waals surface area contributed by atoms with Crippen LogP contribution in [-0.2, 0) is 15.9 Å². The smallest absolute Gasteiger partial charge is 0.207 e. The second kappa shape index (κ2) is 7.32. The molecular weight excluding hydrogens is 329 g/mol. The topological polar surface area (TPSA) is 37.4 Å². The van der Waals surface area contributed by atoms with Crippen LogP contribution in [0.25, 0.3) is 0 Å². The molecule has 1 aromatic rings. The zero-order valence-corrected chi connectivity index (χ0v) is 14.5. The molecule has 0 aromatic heterocycles. The summed E-state index contributed by atoms with van der Waals surface area (Å²) in [4.78, 5) is 0.265. The summed E-state index contributed by atoms with van der Waals surface area (Å²) < 4.78 is 27.4. The second-order valence-electron chi connectivity index (χ2n) is 5.41. The number of hydrogen-bond acceptors (Lipinski definition) is 2. The van der Waals surface area contributed by atoms with E-state index in [-0.39, 0.29) is 16.8 Å². The van der Waals surface area contributed by atoms with Crippen molar-refractivity contribution in [3.05, 3.63) is 28.8 Å². The number of rotatable bonds is 4. The highest BCUT2D eigenvalue weighted by atomic mass is 35.5. The van der Waals surface area contributed by atoms with E-state index in [9.17, 15) is 8.42 Å². The molecule has 0 saturated carbocycles. The minimum absolute atomic E-state index is 0.0870. The maximum atomic E-state index is 12.9. The number of benzene rings is 1. The highest BCUT2D eigenvalue weighted by molar-refractivity contribution is 7.89. The Labute approximate surface area is 137 Å². The van der Waals surface area contributed by atoms with Gasteiger partial charge in [0, 0.05) is 23.5 Å². The molecule has 0 radical (unpaired) electrons. The van der Waals surface area contributed by atoms with Gasteiger partial charge in [-0.2, -0.15) is 4.31 Å². The molecule has 1 unspecified atom stereocenters. The lowest BCUT2D eigenvalue weighted by Gasteiger charge is -2.28. The molecule has 0 spiro atoms. The zero-order chi connectivity index (χ0) is 15.5. The lowest BCUT2D eigenvalue weighted by Crippen LogP contribution is -2.39. The van der Waals surface area contributed by atoms with Gasteiger partial charge in [-0.05, 0) is 37.0 Å². The molecule has 1 fully saturated rings. The van der Waals surface area contributed by atoms with Crippen LogP contribution in [0.15, 0.2) is 23.1 Å². The van der Waals surface area contributed by atoms with E-state index in [1.807, 2.05) is 6.92 Å². The SMILES string of the molecule is CCC1CCCCCN1S(=O)(=O)c1ccc(CCl)c(Cl)c1. The minimum Gasteiger partial charge on any atom is -0.207 e. The standard InChI is InChI=1S/C15H21Cl2NO2S/c1-2-13-6-4-3-5-9-18(13)21(19,20)14-8-7-12(11-16)15(17)10-14/h7-8,10,13H,2-6,9,11H2,1H3. The predicted octanol–water partition coefficient (Wildman–Crippen LogP) is 4.42. The summed E-state index contributed by atoms with van der Waals surface area (Å²) in [6, 6.07) is 4.91. The summed E-state index contributed by atoms with van der Waals surface area (Å²) in [5, 5.41) is 0.411. The van der Waals surface area contributed by atoms with Crippen molar-refractivity contribution in [2.75, 3.05) is 6.54 Å². The first-order chi connectivity index (χ1) is 10.0. The quantitative estimate of drug-likeness (QED) is 0.754. The fraction of sp³-hybridized carbons (Fsp3) is 0.600. The van der Waals surface area contributed by atoms with Gasteiger partial charge in [0.15, 0.2) is 0 Å². The summed E-state index contributed by atoms with van der Waals surface area (Å²) in [7, 11) is -3.49. The van der Waals surface area contributed by atoms with E-state index >= 15 is 0 Å². The Balaban J connectivity index is 2.37. The summed E-state index contributed by atoms with van der Waals surface area (Å²) >= 11 is 11.9. The maximum absolute atomic E-state index is 12.9. The Bertz CT molecular complexity index is 589. The number of halogens is 2. The predicted molar refractivity (Wildman–Crippen MR) is 87.4 cm³/mol. The van der Waals surface area contributed by atoms with Crippen molar-refractivity contribution < 1.29 is 8.42 Å². The van der Waals surface area contributed by atoms with E-state index in [1.54, 1.807) is 16.4 Å². The number of nitrogens with zero attached hydrogens (tertiary/aromatic N) is 1.